The molecule has 1 unspecified atom stereocenters. The van der Waals surface area contributed by atoms with Gasteiger partial charge in [-0.2, -0.15) is 0 Å². The number of fused-ring (bicyclic) bond motifs is 1. The molecule has 0 fully saturated rings. The van der Waals surface area contributed by atoms with Crippen LogP contribution in [0.3, 0.4) is 0 Å². The van der Waals surface area contributed by atoms with E-state index in [1.165, 1.54) is 12.1 Å². The summed E-state index contributed by atoms with van der Waals surface area (Å²) in [5, 5.41) is 10.2. The first-order valence-electron chi connectivity index (χ1n) is 4.37. The van der Waals surface area contributed by atoms with E-state index in [4.69, 9.17) is 5.73 Å². The fraction of sp³-hybridized carbons (Fsp3) is 0.200. The number of nitrogens with two attached hydrogens (primary N) is 1. The number of hydrogen-bond acceptors (Lipinski definition) is 2. The second-order valence-electron chi connectivity index (χ2n) is 3.19. The molecule has 1 atom stereocenters. The van der Waals surface area contributed by atoms with Crippen molar-refractivity contribution < 1.29 is 9.50 Å². The molecule has 2 rings (SSSR count). The number of nitrogens with one attached hydrogen (secondary N) is 1. The number of aromatic nitrogens is 1. The molecule has 0 radical (unpaired) electrons. The summed E-state index contributed by atoms with van der Waals surface area (Å²) in [7, 11) is 0. The smallest absolute Gasteiger partial charge is 0.123 e. The molecule has 0 aliphatic rings. The van der Waals surface area contributed by atoms with Crippen LogP contribution in [0.5, 0.6) is 0 Å². The highest BCUT2D eigenvalue weighted by Crippen LogP contribution is 2.24. The summed E-state index contributed by atoms with van der Waals surface area (Å²) in [6.45, 7) is 0.128. The van der Waals surface area contributed by atoms with E-state index in [9.17, 15) is 9.50 Å². The topological polar surface area (TPSA) is 62.0 Å². The lowest BCUT2D eigenvalue weighted by Gasteiger charge is -2.05. The SMILES string of the molecule is NCC(O)c1c[nH]c2ccc(F)cc12. The molecule has 4 N–H and O–H groups in total. The van der Waals surface area contributed by atoms with Crippen LogP contribution in [-0.2, 0) is 0 Å². The van der Waals surface area contributed by atoms with Gasteiger partial charge in [0, 0.05) is 29.2 Å². The van der Waals surface area contributed by atoms with E-state index in [1.807, 2.05) is 0 Å². The van der Waals surface area contributed by atoms with Crippen LogP contribution in [0.4, 0.5) is 4.39 Å². The van der Waals surface area contributed by atoms with Gasteiger partial charge in [0.1, 0.15) is 5.82 Å². The molecule has 0 saturated heterocycles. The van der Waals surface area contributed by atoms with Crippen LogP contribution in [0.1, 0.15) is 11.7 Å². The summed E-state index contributed by atoms with van der Waals surface area (Å²) in [6.07, 6.45) is 0.910. The van der Waals surface area contributed by atoms with Crippen molar-refractivity contribution in [2.75, 3.05) is 6.54 Å². The average Bonchev–Trinajstić information content (AvgIpc) is 2.59. The Balaban J connectivity index is 2.61. The van der Waals surface area contributed by atoms with Gasteiger partial charge in [-0.1, -0.05) is 0 Å². The van der Waals surface area contributed by atoms with Crippen LogP contribution >= 0.6 is 0 Å². The summed E-state index contributed by atoms with van der Waals surface area (Å²) in [4.78, 5) is 2.95. The first kappa shape index (κ1) is 9.18. The minimum atomic E-state index is -0.745. The normalized spacial score (nSPS) is 13.4. The number of benzene rings is 1. The zero-order valence-electron chi connectivity index (χ0n) is 7.50. The molecule has 0 spiro atoms. The van der Waals surface area contributed by atoms with Gasteiger partial charge >= 0.3 is 0 Å². The summed E-state index contributed by atoms with van der Waals surface area (Å²) >= 11 is 0. The number of halogens is 1. The van der Waals surface area contributed by atoms with E-state index in [-0.39, 0.29) is 12.4 Å². The zero-order chi connectivity index (χ0) is 10.1. The van der Waals surface area contributed by atoms with E-state index in [0.717, 1.165) is 5.52 Å². The molecule has 3 nitrogen and oxygen atoms in total. The van der Waals surface area contributed by atoms with Crippen molar-refractivity contribution in [1.82, 2.24) is 4.98 Å². The van der Waals surface area contributed by atoms with Crippen molar-refractivity contribution in [3.05, 3.63) is 35.8 Å². The number of aromatic amines is 1. The average molecular weight is 194 g/mol. The number of hydrogen-bond donors (Lipinski definition) is 3. The third-order valence-electron chi connectivity index (χ3n) is 2.26. The number of rotatable bonds is 2. The number of H-pyrrole nitrogens is 1. The summed E-state index contributed by atoms with van der Waals surface area (Å²) < 4.78 is 12.9. The Morgan fingerprint density at radius 1 is 1.50 bits per heavy atom. The van der Waals surface area contributed by atoms with Gasteiger partial charge in [0.25, 0.3) is 0 Å². The summed E-state index contributed by atoms with van der Waals surface area (Å²) in [5.74, 6) is -0.317. The van der Waals surface area contributed by atoms with Gasteiger partial charge in [0.15, 0.2) is 0 Å². The molecule has 1 heterocycles. The van der Waals surface area contributed by atoms with Gasteiger partial charge in [-0.15, -0.1) is 0 Å². The van der Waals surface area contributed by atoms with Crippen molar-refractivity contribution in [3.8, 4) is 0 Å². The molecule has 1 aromatic carbocycles. The molecule has 14 heavy (non-hydrogen) atoms. The van der Waals surface area contributed by atoms with E-state index in [2.05, 4.69) is 4.98 Å². The van der Waals surface area contributed by atoms with Crippen molar-refractivity contribution in [3.63, 3.8) is 0 Å². The second kappa shape index (κ2) is 3.40. The molecule has 0 bridgehead atoms. The number of aliphatic hydroxyl groups excluding tert-OH is 1. The quantitative estimate of drug-likeness (QED) is 0.674. The first-order chi connectivity index (χ1) is 6.72. The van der Waals surface area contributed by atoms with Gasteiger partial charge < -0.3 is 15.8 Å². The monoisotopic (exact) mass is 194 g/mol. The maximum absolute atomic E-state index is 12.9. The molecular weight excluding hydrogens is 183 g/mol. The molecule has 74 valence electrons. The molecule has 0 aliphatic carbocycles. The Morgan fingerprint density at radius 3 is 3.00 bits per heavy atom. The van der Waals surface area contributed by atoms with Gasteiger partial charge in [-0.25, -0.2) is 4.39 Å². The van der Waals surface area contributed by atoms with Crippen LogP contribution in [0.15, 0.2) is 24.4 Å². The lowest BCUT2D eigenvalue weighted by Crippen LogP contribution is -2.10. The third-order valence-corrected chi connectivity index (χ3v) is 2.26. The summed E-state index contributed by atoms with van der Waals surface area (Å²) in [5.41, 5.74) is 6.78. The van der Waals surface area contributed by atoms with Crippen LogP contribution in [0.2, 0.25) is 0 Å². The minimum Gasteiger partial charge on any atom is -0.387 e. The van der Waals surface area contributed by atoms with Crippen molar-refractivity contribution in [2.24, 2.45) is 5.73 Å². The highest BCUT2D eigenvalue weighted by atomic mass is 19.1. The van der Waals surface area contributed by atoms with Crippen molar-refractivity contribution >= 4 is 10.9 Å². The Labute approximate surface area is 80.4 Å². The Bertz CT molecular complexity index is 452. The molecule has 0 amide bonds. The minimum absolute atomic E-state index is 0.128. The van der Waals surface area contributed by atoms with Crippen LogP contribution in [0, 0.1) is 5.82 Å². The summed E-state index contributed by atoms with van der Waals surface area (Å²) in [6, 6.07) is 4.40. The lowest BCUT2D eigenvalue weighted by molar-refractivity contribution is 0.188. The van der Waals surface area contributed by atoms with Gasteiger partial charge in [0.05, 0.1) is 6.10 Å². The molecule has 0 aliphatic heterocycles. The Kier molecular flexibility index (Phi) is 2.23. The van der Waals surface area contributed by atoms with E-state index >= 15 is 0 Å². The zero-order valence-corrected chi connectivity index (χ0v) is 7.50. The Morgan fingerprint density at radius 2 is 2.29 bits per heavy atom. The van der Waals surface area contributed by atoms with E-state index < -0.39 is 6.10 Å². The molecule has 4 heteroatoms. The Hall–Kier alpha value is -1.39. The van der Waals surface area contributed by atoms with Gasteiger partial charge in [-0.3, -0.25) is 0 Å². The second-order valence-corrected chi connectivity index (χ2v) is 3.19. The van der Waals surface area contributed by atoms with Crippen LogP contribution in [0.25, 0.3) is 10.9 Å². The highest BCUT2D eigenvalue weighted by Gasteiger charge is 2.11. The number of aliphatic hydroxyl groups is 1. The predicted octanol–water partition coefficient (Wildman–Crippen LogP) is 1.30. The molecule has 2 aromatic rings. The highest BCUT2D eigenvalue weighted by molar-refractivity contribution is 5.83. The fourth-order valence-corrected chi connectivity index (χ4v) is 1.52. The van der Waals surface area contributed by atoms with Gasteiger partial charge in [-0.05, 0) is 18.2 Å². The molecular formula is C10H11FN2O. The van der Waals surface area contributed by atoms with Gasteiger partial charge in [0.2, 0.25) is 0 Å². The standard InChI is InChI=1S/C10H11FN2O/c11-6-1-2-9-7(3-6)8(5-13-9)10(14)4-12/h1-3,5,10,13-14H,4,12H2. The third kappa shape index (κ3) is 1.38. The van der Waals surface area contributed by atoms with E-state index in [0.29, 0.717) is 10.9 Å². The van der Waals surface area contributed by atoms with Crippen molar-refractivity contribution in [2.45, 2.75) is 6.10 Å². The molecule has 0 saturated carbocycles. The molecule has 1 aromatic heterocycles. The van der Waals surface area contributed by atoms with Crippen LogP contribution < -0.4 is 5.73 Å². The first-order valence-corrected chi connectivity index (χ1v) is 4.37. The van der Waals surface area contributed by atoms with E-state index in [1.54, 1.807) is 12.3 Å². The maximum atomic E-state index is 12.9. The maximum Gasteiger partial charge on any atom is 0.123 e. The largest absolute Gasteiger partial charge is 0.387 e. The van der Waals surface area contributed by atoms with Crippen molar-refractivity contribution in [1.29, 1.82) is 0 Å². The lowest BCUT2D eigenvalue weighted by atomic mass is 10.1. The predicted molar refractivity (Wildman–Crippen MR) is 52.3 cm³/mol. The fourth-order valence-electron chi connectivity index (χ4n) is 1.52. The van der Waals surface area contributed by atoms with Crippen LogP contribution in [-0.4, -0.2) is 16.6 Å².